The topological polar surface area (TPSA) is 61.0 Å². The van der Waals surface area contributed by atoms with Gasteiger partial charge in [0, 0.05) is 30.8 Å². The van der Waals surface area contributed by atoms with E-state index in [1.807, 2.05) is 6.07 Å². The number of nitrogens with zero attached hydrogens (tertiary/aromatic N) is 2. The number of anilines is 1. The van der Waals surface area contributed by atoms with E-state index in [0.717, 1.165) is 30.0 Å². The van der Waals surface area contributed by atoms with Crippen molar-refractivity contribution in [3.8, 4) is 11.3 Å². The molecule has 28 heavy (non-hydrogen) atoms. The van der Waals surface area contributed by atoms with Gasteiger partial charge < -0.3 is 10.2 Å². The molecular formula is C21H20F2N4O. The second-order valence-corrected chi connectivity index (χ2v) is 7.02. The van der Waals surface area contributed by atoms with Crippen molar-refractivity contribution in [3.63, 3.8) is 0 Å². The van der Waals surface area contributed by atoms with Crippen molar-refractivity contribution in [1.29, 1.82) is 0 Å². The molecular weight excluding hydrogens is 362 g/mol. The lowest BCUT2D eigenvalue weighted by molar-refractivity contribution is 0.0940. The van der Waals surface area contributed by atoms with Gasteiger partial charge in [0.25, 0.3) is 5.91 Å². The summed E-state index contributed by atoms with van der Waals surface area (Å²) in [7, 11) is 0. The van der Waals surface area contributed by atoms with Gasteiger partial charge in [-0.05, 0) is 60.9 Å². The molecule has 2 N–H and O–H groups in total. The number of rotatable bonds is 4. The zero-order valence-corrected chi connectivity index (χ0v) is 15.4. The molecule has 1 saturated heterocycles. The highest BCUT2D eigenvalue weighted by Crippen LogP contribution is 2.24. The molecule has 1 amide bonds. The van der Waals surface area contributed by atoms with Crippen molar-refractivity contribution in [2.45, 2.75) is 19.4 Å². The summed E-state index contributed by atoms with van der Waals surface area (Å²) in [6, 6.07) is 12.6. The van der Waals surface area contributed by atoms with E-state index in [-0.39, 0.29) is 23.6 Å². The van der Waals surface area contributed by atoms with Crippen molar-refractivity contribution in [3.05, 3.63) is 71.3 Å². The molecule has 1 aliphatic heterocycles. The Balaban J connectivity index is 1.39. The Labute approximate surface area is 161 Å². The minimum absolute atomic E-state index is 0.0390. The fraction of sp³-hybridized carbons (Fsp3) is 0.238. The predicted molar refractivity (Wildman–Crippen MR) is 103 cm³/mol. The smallest absolute Gasteiger partial charge is 0.251 e. The van der Waals surface area contributed by atoms with Crippen LogP contribution in [0.25, 0.3) is 11.3 Å². The Kier molecular flexibility index (Phi) is 4.81. The van der Waals surface area contributed by atoms with Gasteiger partial charge in [-0.1, -0.05) is 6.07 Å². The van der Waals surface area contributed by atoms with Crippen LogP contribution >= 0.6 is 0 Å². The number of aryl methyl sites for hydroxylation is 1. The van der Waals surface area contributed by atoms with E-state index in [1.165, 1.54) is 18.2 Å². The number of carbonyl (C=O) groups excluding carboxylic acids is 1. The largest absolute Gasteiger partial charge is 0.353 e. The molecule has 1 fully saturated rings. The molecule has 4 rings (SSSR count). The lowest BCUT2D eigenvalue weighted by Gasteiger charge is -2.16. The number of hydrogen-bond donors (Lipinski definition) is 2. The predicted octanol–water partition coefficient (Wildman–Crippen LogP) is 3.67. The third-order valence-electron chi connectivity index (χ3n) is 5.00. The Morgan fingerprint density at radius 1 is 1.18 bits per heavy atom. The van der Waals surface area contributed by atoms with Crippen molar-refractivity contribution < 1.29 is 13.6 Å². The van der Waals surface area contributed by atoms with Crippen molar-refractivity contribution >= 4 is 11.7 Å². The second kappa shape index (κ2) is 7.42. The molecule has 0 saturated carbocycles. The minimum Gasteiger partial charge on any atom is -0.353 e. The molecule has 5 nitrogen and oxygen atoms in total. The molecule has 0 bridgehead atoms. The molecule has 0 spiro atoms. The summed E-state index contributed by atoms with van der Waals surface area (Å²) in [5.74, 6) is -0.169. The van der Waals surface area contributed by atoms with E-state index in [4.69, 9.17) is 0 Å². The van der Waals surface area contributed by atoms with Crippen LogP contribution in [0.15, 0.2) is 48.5 Å². The molecule has 7 heteroatoms. The molecule has 0 unspecified atom stereocenters. The fourth-order valence-corrected chi connectivity index (χ4v) is 3.34. The Morgan fingerprint density at radius 2 is 1.96 bits per heavy atom. The van der Waals surface area contributed by atoms with Gasteiger partial charge >= 0.3 is 0 Å². The van der Waals surface area contributed by atoms with Crippen LogP contribution in [-0.2, 0) is 0 Å². The maximum absolute atomic E-state index is 13.7. The SMILES string of the molecule is Cc1ccc(C(=O)N[C@@H]2CCN(c3cc(-c4ccc(F)cc4)[nH]n3)C2)cc1F. The number of halogens is 2. The van der Waals surface area contributed by atoms with E-state index in [2.05, 4.69) is 20.4 Å². The van der Waals surface area contributed by atoms with E-state index < -0.39 is 0 Å². The molecule has 1 atom stereocenters. The normalized spacial score (nSPS) is 16.4. The van der Waals surface area contributed by atoms with Crippen molar-refractivity contribution in [1.82, 2.24) is 15.5 Å². The standard InChI is InChI=1S/C21H20F2N4O/c1-13-2-3-15(10-18(13)23)21(28)24-17-8-9-27(12-17)20-11-19(25-26-20)14-4-6-16(22)7-5-14/h2-7,10-11,17H,8-9,12H2,1H3,(H,24,28)(H,25,26)/t17-/m1/s1. The number of aromatic amines is 1. The van der Waals surface area contributed by atoms with E-state index in [1.54, 1.807) is 31.2 Å². The van der Waals surface area contributed by atoms with Crippen molar-refractivity contribution in [2.24, 2.45) is 0 Å². The van der Waals surface area contributed by atoms with Gasteiger partial charge in [-0.15, -0.1) is 0 Å². The first-order valence-electron chi connectivity index (χ1n) is 9.13. The van der Waals surface area contributed by atoms with E-state index in [0.29, 0.717) is 17.7 Å². The average molecular weight is 382 g/mol. The van der Waals surface area contributed by atoms with Gasteiger partial charge in [-0.25, -0.2) is 8.78 Å². The zero-order valence-electron chi connectivity index (χ0n) is 15.4. The number of H-pyrrole nitrogens is 1. The minimum atomic E-state index is -0.384. The molecule has 3 aromatic rings. The zero-order chi connectivity index (χ0) is 19.7. The number of aromatic nitrogens is 2. The monoisotopic (exact) mass is 382 g/mol. The van der Waals surface area contributed by atoms with Crippen LogP contribution in [0, 0.1) is 18.6 Å². The maximum atomic E-state index is 13.7. The molecule has 1 aromatic heterocycles. The third kappa shape index (κ3) is 3.74. The highest BCUT2D eigenvalue weighted by molar-refractivity contribution is 5.94. The van der Waals surface area contributed by atoms with Crippen LogP contribution in [0.4, 0.5) is 14.6 Å². The first-order valence-corrected chi connectivity index (χ1v) is 9.13. The summed E-state index contributed by atoms with van der Waals surface area (Å²) in [5, 5.41) is 10.3. The Hall–Kier alpha value is -3.22. The average Bonchev–Trinajstić information content (AvgIpc) is 3.34. The van der Waals surface area contributed by atoms with Crippen LogP contribution in [0.5, 0.6) is 0 Å². The van der Waals surface area contributed by atoms with Gasteiger partial charge in [0.1, 0.15) is 11.6 Å². The lowest BCUT2D eigenvalue weighted by atomic mass is 10.1. The van der Waals surface area contributed by atoms with Gasteiger partial charge in [0.2, 0.25) is 0 Å². The highest BCUT2D eigenvalue weighted by atomic mass is 19.1. The van der Waals surface area contributed by atoms with Gasteiger partial charge in [-0.2, -0.15) is 5.10 Å². The molecule has 0 aliphatic carbocycles. The summed E-state index contributed by atoms with van der Waals surface area (Å²) in [5.41, 5.74) is 2.49. The number of hydrogen-bond acceptors (Lipinski definition) is 3. The first-order chi connectivity index (χ1) is 13.5. The van der Waals surface area contributed by atoms with Gasteiger partial charge in [0.15, 0.2) is 5.82 Å². The van der Waals surface area contributed by atoms with Crippen LogP contribution in [0.3, 0.4) is 0 Å². The summed E-state index contributed by atoms with van der Waals surface area (Å²) < 4.78 is 26.8. The highest BCUT2D eigenvalue weighted by Gasteiger charge is 2.26. The number of nitrogens with one attached hydrogen (secondary N) is 2. The molecule has 144 valence electrons. The quantitative estimate of drug-likeness (QED) is 0.724. The summed E-state index contributed by atoms with van der Waals surface area (Å²) >= 11 is 0. The van der Waals surface area contributed by atoms with Gasteiger partial charge in [0.05, 0.1) is 5.69 Å². The Bertz CT molecular complexity index is 1000. The van der Waals surface area contributed by atoms with Crippen molar-refractivity contribution in [2.75, 3.05) is 18.0 Å². The van der Waals surface area contributed by atoms with Gasteiger partial charge in [-0.3, -0.25) is 9.89 Å². The second-order valence-electron chi connectivity index (χ2n) is 7.02. The van der Waals surface area contributed by atoms with Crippen LogP contribution in [-0.4, -0.2) is 35.2 Å². The summed E-state index contributed by atoms with van der Waals surface area (Å²) in [6.07, 6.45) is 0.777. The maximum Gasteiger partial charge on any atom is 0.251 e. The molecule has 2 aromatic carbocycles. The van der Waals surface area contributed by atoms with E-state index >= 15 is 0 Å². The number of benzene rings is 2. The first kappa shape index (κ1) is 18.2. The molecule has 2 heterocycles. The van der Waals surface area contributed by atoms with E-state index in [9.17, 15) is 13.6 Å². The fourth-order valence-electron chi connectivity index (χ4n) is 3.34. The van der Waals surface area contributed by atoms with Crippen LogP contribution in [0.2, 0.25) is 0 Å². The van der Waals surface area contributed by atoms with Crippen LogP contribution < -0.4 is 10.2 Å². The van der Waals surface area contributed by atoms with Crippen LogP contribution in [0.1, 0.15) is 22.3 Å². The number of amides is 1. The lowest BCUT2D eigenvalue weighted by Crippen LogP contribution is -2.37. The summed E-state index contributed by atoms with van der Waals surface area (Å²) in [4.78, 5) is 14.4. The third-order valence-corrected chi connectivity index (χ3v) is 5.00. The molecule has 1 aliphatic rings. The molecule has 0 radical (unpaired) electrons. The number of carbonyl (C=O) groups is 1. The summed E-state index contributed by atoms with van der Waals surface area (Å²) in [6.45, 7) is 3.03. The Morgan fingerprint density at radius 3 is 2.71 bits per heavy atom.